The van der Waals surface area contributed by atoms with Crippen LogP contribution < -0.4 is 0 Å². The second kappa shape index (κ2) is 6.66. The van der Waals surface area contributed by atoms with E-state index in [1.54, 1.807) is 0 Å². The van der Waals surface area contributed by atoms with E-state index < -0.39 is 23.7 Å². The standard InChI is InChI=1S/C14H15ClFNO3S/c1-2-4-11-17(10(7-21-11)14(19)20)13(18)12-8(15)5-3-6-9(12)16/h3,5-6,10-11H,2,4,7H2,1H3,(H,19,20). The molecule has 1 fully saturated rings. The van der Waals surface area contributed by atoms with Crippen LogP contribution in [0.2, 0.25) is 5.02 Å². The van der Waals surface area contributed by atoms with Crippen molar-refractivity contribution in [2.45, 2.75) is 31.2 Å². The number of hydrogen-bond acceptors (Lipinski definition) is 3. The van der Waals surface area contributed by atoms with Crippen LogP contribution in [0, 0.1) is 5.82 Å². The quantitative estimate of drug-likeness (QED) is 0.920. The van der Waals surface area contributed by atoms with Gasteiger partial charge >= 0.3 is 5.97 Å². The first-order chi connectivity index (χ1) is 9.97. The van der Waals surface area contributed by atoms with Gasteiger partial charge in [-0.2, -0.15) is 0 Å². The van der Waals surface area contributed by atoms with E-state index in [2.05, 4.69) is 0 Å². The van der Waals surface area contributed by atoms with E-state index in [1.807, 2.05) is 6.92 Å². The average Bonchev–Trinajstić information content (AvgIpc) is 2.82. The van der Waals surface area contributed by atoms with E-state index in [9.17, 15) is 19.1 Å². The van der Waals surface area contributed by atoms with Gasteiger partial charge in [0, 0.05) is 5.75 Å². The third kappa shape index (κ3) is 3.16. The fourth-order valence-corrected chi connectivity index (χ4v) is 4.08. The van der Waals surface area contributed by atoms with Gasteiger partial charge in [0.15, 0.2) is 0 Å². The summed E-state index contributed by atoms with van der Waals surface area (Å²) in [5.74, 6) is -2.17. The molecule has 1 heterocycles. The van der Waals surface area contributed by atoms with Crippen molar-refractivity contribution in [3.63, 3.8) is 0 Å². The monoisotopic (exact) mass is 331 g/mol. The third-order valence-electron chi connectivity index (χ3n) is 3.32. The number of carboxylic acids is 1. The third-order valence-corrected chi connectivity index (χ3v) is 5.00. The Morgan fingerprint density at radius 3 is 2.81 bits per heavy atom. The van der Waals surface area contributed by atoms with Gasteiger partial charge in [0.1, 0.15) is 11.9 Å². The molecule has 0 aliphatic carbocycles. The highest BCUT2D eigenvalue weighted by atomic mass is 35.5. The highest BCUT2D eigenvalue weighted by Crippen LogP contribution is 2.35. The Kier molecular flexibility index (Phi) is 5.11. The number of benzene rings is 1. The lowest BCUT2D eigenvalue weighted by Crippen LogP contribution is -2.46. The number of carbonyl (C=O) groups excluding carboxylic acids is 1. The van der Waals surface area contributed by atoms with E-state index >= 15 is 0 Å². The van der Waals surface area contributed by atoms with Crippen molar-refractivity contribution in [1.29, 1.82) is 0 Å². The first-order valence-electron chi connectivity index (χ1n) is 6.58. The van der Waals surface area contributed by atoms with Crippen LogP contribution in [0.1, 0.15) is 30.1 Å². The van der Waals surface area contributed by atoms with Gasteiger partial charge < -0.3 is 10.0 Å². The lowest BCUT2D eigenvalue weighted by atomic mass is 10.1. The Bertz CT molecular complexity index is 549. The van der Waals surface area contributed by atoms with Gasteiger partial charge in [-0.3, -0.25) is 4.79 Å². The Labute approximate surface area is 131 Å². The van der Waals surface area contributed by atoms with Crippen molar-refractivity contribution in [3.8, 4) is 0 Å². The molecule has 0 saturated carbocycles. The summed E-state index contributed by atoms with van der Waals surface area (Å²) in [4.78, 5) is 25.2. The molecule has 2 atom stereocenters. The van der Waals surface area contributed by atoms with Crippen LogP contribution in [-0.2, 0) is 4.79 Å². The van der Waals surface area contributed by atoms with Gasteiger partial charge in [0.2, 0.25) is 0 Å². The van der Waals surface area contributed by atoms with Crippen molar-refractivity contribution in [2.75, 3.05) is 5.75 Å². The van der Waals surface area contributed by atoms with Crippen molar-refractivity contribution >= 4 is 35.2 Å². The van der Waals surface area contributed by atoms with E-state index in [-0.39, 0.29) is 16.0 Å². The molecule has 1 aromatic rings. The number of amides is 1. The normalized spacial score (nSPS) is 21.6. The molecule has 4 nitrogen and oxygen atoms in total. The maximum atomic E-state index is 13.9. The SMILES string of the molecule is CCCC1SCC(C(=O)O)N1C(=O)c1c(F)cccc1Cl. The molecule has 7 heteroatoms. The number of hydrogen-bond donors (Lipinski definition) is 1. The molecule has 1 amide bonds. The molecule has 0 bridgehead atoms. The average molecular weight is 332 g/mol. The minimum Gasteiger partial charge on any atom is -0.480 e. The zero-order chi connectivity index (χ0) is 15.6. The van der Waals surface area contributed by atoms with Crippen LogP contribution in [0.15, 0.2) is 18.2 Å². The van der Waals surface area contributed by atoms with Crippen LogP contribution in [0.4, 0.5) is 4.39 Å². The fourth-order valence-electron chi connectivity index (χ4n) is 2.33. The van der Waals surface area contributed by atoms with Gasteiger partial charge in [-0.05, 0) is 18.6 Å². The summed E-state index contributed by atoms with van der Waals surface area (Å²) in [6, 6.07) is 3.03. The number of thioether (sulfide) groups is 1. The minimum absolute atomic E-state index is 0.00344. The Morgan fingerprint density at radius 2 is 2.24 bits per heavy atom. The van der Waals surface area contributed by atoms with Crippen LogP contribution in [-0.4, -0.2) is 39.1 Å². The van der Waals surface area contributed by atoms with Crippen molar-refractivity contribution in [2.24, 2.45) is 0 Å². The topological polar surface area (TPSA) is 57.6 Å². The van der Waals surface area contributed by atoms with Gasteiger partial charge in [0.05, 0.1) is 16.0 Å². The molecule has 2 unspecified atom stereocenters. The molecule has 1 aromatic carbocycles. The molecule has 1 aliphatic heterocycles. The Hall–Kier alpha value is -1.27. The molecular weight excluding hydrogens is 317 g/mol. The van der Waals surface area contributed by atoms with Crippen LogP contribution >= 0.6 is 23.4 Å². The van der Waals surface area contributed by atoms with Crippen molar-refractivity contribution in [1.82, 2.24) is 4.90 Å². The Morgan fingerprint density at radius 1 is 1.52 bits per heavy atom. The zero-order valence-corrected chi connectivity index (χ0v) is 13.0. The molecule has 1 saturated heterocycles. The zero-order valence-electron chi connectivity index (χ0n) is 11.4. The molecule has 114 valence electrons. The van der Waals surface area contributed by atoms with Gasteiger partial charge in [-0.1, -0.05) is 31.0 Å². The summed E-state index contributed by atoms with van der Waals surface area (Å²) in [5, 5.41) is 9.00. The van der Waals surface area contributed by atoms with Crippen LogP contribution in [0.25, 0.3) is 0 Å². The van der Waals surface area contributed by atoms with Crippen LogP contribution in [0.3, 0.4) is 0 Å². The van der Waals surface area contributed by atoms with Crippen molar-refractivity contribution in [3.05, 3.63) is 34.6 Å². The summed E-state index contributed by atoms with van der Waals surface area (Å²) < 4.78 is 13.9. The Balaban J connectivity index is 2.39. The smallest absolute Gasteiger partial charge is 0.327 e. The molecular formula is C14H15ClFNO3S. The van der Waals surface area contributed by atoms with E-state index in [1.165, 1.54) is 28.8 Å². The molecule has 0 spiro atoms. The summed E-state index contributed by atoms with van der Waals surface area (Å²) >= 11 is 7.32. The second-order valence-corrected chi connectivity index (χ2v) is 6.36. The maximum absolute atomic E-state index is 13.9. The van der Waals surface area contributed by atoms with Crippen molar-refractivity contribution < 1.29 is 19.1 Å². The summed E-state index contributed by atoms with van der Waals surface area (Å²) in [6.45, 7) is 1.95. The maximum Gasteiger partial charge on any atom is 0.327 e. The molecule has 0 radical (unpaired) electrons. The van der Waals surface area contributed by atoms with E-state index in [0.29, 0.717) is 12.2 Å². The number of carbonyl (C=O) groups is 2. The van der Waals surface area contributed by atoms with Gasteiger partial charge in [-0.25, -0.2) is 9.18 Å². The van der Waals surface area contributed by atoms with Crippen LogP contribution in [0.5, 0.6) is 0 Å². The largest absolute Gasteiger partial charge is 0.480 e. The lowest BCUT2D eigenvalue weighted by Gasteiger charge is -2.27. The first-order valence-corrected chi connectivity index (χ1v) is 8.01. The van der Waals surface area contributed by atoms with E-state index in [4.69, 9.17) is 11.6 Å². The molecule has 2 rings (SSSR count). The summed E-state index contributed by atoms with van der Waals surface area (Å²) in [7, 11) is 0. The number of rotatable bonds is 4. The molecule has 0 aromatic heterocycles. The fraction of sp³-hybridized carbons (Fsp3) is 0.429. The second-order valence-electron chi connectivity index (χ2n) is 4.74. The molecule has 21 heavy (non-hydrogen) atoms. The highest BCUT2D eigenvalue weighted by molar-refractivity contribution is 8.00. The minimum atomic E-state index is -1.08. The molecule has 1 N–H and O–H groups in total. The van der Waals surface area contributed by atoms with E-state index in [0.717, 1.165) is 12.5 Å². The first kappa shape index (κ1) is 16.1. The predicted octanol–water partition coefficient (Wildman–Crippen LogP) is 3.25. The number of halogens is 2. The predicted molar refractivity (Wildman–Crippen MR) is 80.2 cm³/mol. The summed E-state index contributed by atoms with van der Waals surface area (Å²) in [6.07, 6.45) is 1.46. The van der Waals surface area contributed by atoms with Gasteiger partial charge in [-0.15, -0.1) is 11.8 Å². The van der Waals surface area contributed by atoms with Gasteiger partial charge in [0.25, 0.3) is 5.91 Å². The highest BCUT2D eigenvalue weighted by Gasteiger charge is 2.42. The number of nitrogens with zero attached hydrogens (tertiary/aromatic N) is 1. The number of aliphatic carboxylic acids is 1. The lowest BCUT2D eigenvalue weighted by molar-refractivity contribution is -0.141. The molecule has 1 aliphatic rings. The summed E-state index contributed by atoms with van der Waals surface area (Å²) in [5.41, 5.74) is -0.256. The number of carboxylic acid groups (broad SMARTS) is 1.